The van der Waals surface area contributed by atoms with Gasteiger partial charge in [0.15, 0.2) is 0 Å². The van der Waals surface area contributed by atoms with E-state index in [0.717, 1.165) is 12.1 Å². The summed E-state index contributed by atoms with van der Waals surface area (Å²) < 4.78 is 0. The molecule has 0 atom stereocenters. The zero-order valence-electron chi connectivity index (χ0n) is 11.3. The Kier molecular flexibility index (Phi) is 3.93. The van der Waals surface area contributed by atoms with Gasteiger partial charge in [0.1, 0.15) is 0 Å². The monoisotopic (exact) mass is 237 g/mol. The molecule has 0 aliphatic carbocycles. The minimum atomic E-state index is 0.959. The predicted molar refractivity (Wildman–Crippen MR) is 78.9 cm³/mol. The highest BCUT2D eigenvalue weighted by atomic mass is 14.8. The number of hydrogen-bond acceptors (Lipinski definition) is 1. The zero-order chi connectivity index (χ0) is 13.0. The number of para-hydroxylation sites is 1. The Hall–Kier alpha value is -1.89. The number of fused-ring (bicyclic) bond motifs is 1. The molecule has 18 heavy (non-hydrogen) atoms. The van der Waals surface area contributed by atoms with Crippen molar-refractivity contribution in [3.05, 3.63) is 65.2 Å². The lowest BCUT2D eigenvalue weighted by molar-refractivity contribution is 1.36. The van der Waals surface area contributed by atoms with Crippen LogP contribution in [0.15, 0.2) is 53.5 Å². The molecule has 92 valence electrons. The summed E-state index contributed by atoms with van der Waals surface area (Å²) in [7, 11) is 0. The Bertz CT molecular complexity index is 567. The zero-order valence-corrected chi connectivity index (χ0v) is 11.3. The molecular formula is C17H19N. The molecule has 1 nitrogen and oxygen atoms in total. The molecule has 2 aromatic carbocycles. The van der Waals surface area contributed by atoms with Gasteiger partial charge in [-0.3, -0.25) is 4.99 Å². The molecule has 1 heterocycles. The van der Waals surface area contributed by atoms with E-state index in [1.54, 1.807) is 0 Å². The molecule has 0 aromatic heterocycles. The second-order valence-corrected chi connectivity index (χ2v) is 4.18. The van der Waals surface area contributed by atoms with Crippen molar-refractivity contribution in [2.75, 3.05) is 0 Å². The van der Waals surface area contributed by atoms with E-state index in [4.69, 9.17) is 4.99 Å². The van der Waals surface area contributed by atoms with Gasteiger partial charge >= 0.3 is 0 Å². The van der Waals surface area contributed by atoms with Crippen LogP contribution in [-0.4, -0.2) is 5.71 Å². The molecule has 3 rings (SSSR count). The highest BCUT2D eigenvalue weighted by Crippen LogP contribution is 2.28. The summed E-state index contributed by atoms with van der Waals surface area (Å²) in [6.45, 7) is 6.14. The van der Waals surface area contributed by atoms with Gasteiger partial charge in [-0.25, -0.2) is 0 Å². The van der Waals surface area contributed by atoms with Crippen molar-refractivity contribution in [3.8, 4) is 0 Å². The molecule has 0 amide bonds. The number of hydrogen-bond donors (Lipinski definition) is 0. The minimum Gasteiger partial charge on any atom is -0.252 e. The second-order valence-electron chi connectivity index (χ2n) is 4.18. The molecule has 0 unspecified atom stereocenters. The second kappa shape index (κ2) is 5.63. The third-order valence-corrected chi connectivity index (χ3v) is 3.06. The average Bonchev–Trinajstić information content (AvgIpc) is 2.85. The predicted octanol–water partition coefficient (Wildman–Crippen LogP) is 4.70. The van der Waals surface area contributed by atoms with E-state index in [1.165, 1.54) is 22.4 Å². The molecule has 2 aromatic rings. The fourth-order valence-corrected chi connectivity index (χ4v) is 2.19. The van der Waals surface area contributed by atoms with Gasteiger partial charge in [-0.15, -0.1) is 0 Å². The smallest absolute Gasteiger partial charge is 0.0669 e. The maximum absolute atomic E-state index is 4.70. The highest BCUT2D eigenvalue weighted by molar-refractivity contribution is 6.07. The molecule has 1 heteroatoms. The van der Waals surface area contributed by atoms with E-state index in [9.17, 15) is 0 Å². The van der Waals surface area contributed by atoms with Crippen LogP contribution >= 0.6 is 0 Å². The minimum absolute atomic E-state index is 0.959. The molecular weight excluding hydrogens is 218 g/mol. The van der Waals surface area contributed by atoms with Crippen molar-refractivity contribution < 1.29 is 0 Å². The summed E-state index contributed by atoms with van der Waals surface area (Å²) >= 11 is 0. The van der Waals surface area contributed by atoms with Crippen molar-refractivity contribution in [1.29, 1.82) is 0 Å². The van der Waals surface area contributed by atoms with E-state index in [2.05, 4.69) is 49.4 Å². The number of aryl methyl sites for hydroxylation is 1. The third kappa shape index (κ3) is 2.35. The van der Waals surface area contributed by atoms with Crippen molar-refractivity contribution in [1.82, 2.24) is 0 Å². The summed E-state index contributed by atoms with van der Waals surface area (Å²) in [5.41, 5.74) is 6.23. The molecule has 1 aliphatic rings. The third-order valence-electron chi connectivity index (χ3n) is 3.06. The summed E-state index contributed by atoms with van der Waals surface area (Å²) in [5.74, 6) is 0. The molecule has 0 spiro atoms. The Morgan fingerprint density at radius 2 is 1.56 bits per heavy atom. The van der Waals surface area contributed by atoms with Gasteiger partial charge in [0.2, 0.25) is 0 Å². The van der Waals surface area contributed by atoms with Crippen LogP contribution < -0.4 is 0 Å². The van der Waals surface area contributed by atoms with Crippen molar-refractivity contribution >= 4 is 11.4 Å². The molecule has 0 saturated carbocycles. The Labute approximate surface area is 109 Å². The molecule has 1 aliphatic heterocycles. The lowest BCUT2D eigenvalue weighted by atomic mass is 10.0. The first-order chi connectivity index (χ1) is 8.84. The SMILES string of the molecule is CC.Cc1ccccc1C1=Nc2ccccc2C1. The fourth-order valence-electron chi connectivity index (χ4n) is 2.19. The number of rotatable bonds is 1. The Morgan fingerprint density at radius 3 is 2.28 bits per heavy atom. The van der Waals surface area contributed by atoms with Crippen LogP contribution in [0.2, 0.25) is 0 Å². The van der Waals surface area contributed by atoms with E-state index < -0.39 is 0 Å². The first-order valence-electron chi connectivity index (χ1n) is 6.56. The summed E-state index contributed by atoms with van der Waals surface area (Å²) in [6.07, 6.45) is 0.959. The maximum atomic E-state index is 4.70. The number of nitrogens with zero attached hydrogens (tertiary/aromatic N) is 1. The van der Waals surface area contributed by atoms with Gasteiger partial charge in [-0.05, 0) is 29.7 Å². The Morgan fingerprint density at radius 1 is 0.889 bits per heavy atom. The molecule has 0 N–H and O–H groups in total. The van der Waals surface area contributed by atoms with Crippen molar-refractivity contribution in [2.24, 2.45) is 4.99 Å². The van der Waals surface area contributed by atoms with Crippen LogP contribution in [0.25, 0.3) is 0 Å². The quantitative estimate of drug-likeness (QED) is 0.681. The first kappa shape index (κ1) is 12.6. The number of aliphatic imine (C=N–C) groups is 1. The van der Waals surface area contributed by atoms with Crippen LogP contribution in [-0.2, 0) is 6.42 Å². The molecule has 0 fully saturated rings. The summed E-state index contributed by atoms with van der Waals surface area (Å²) in [4.78, 5) is 4.70. The number of benzene rings is 2. The van der Waals surface area contributed by atoms with Crippen molar-refractivity contribution in [2.45, 2.75) is 27.2 Å². The largest absolute Gasteiger partial charge is 0.252 e. The van der Waals surface area contributed by atoms with Gasteiger partial charge in [0.05, 0.1) is 11.4 Å². The van der Waals surface area contributed by atoms with Gasteiger partial charge < -0.3 is 0 Å². The lowest BCUT2D eigenvalue weighted by Gasteiger charge is -2.03. The van der Waals surface area contributed by atoms with E-state index >= 15 is 0 Å². The highest BCUT2D eigenvalue weighted by Gasteiger charge is 2.15. The Balaban J connectivity index is 0.000000574. The van der Waals surface area contributed by atoms with Crippen LogP contribution in [0.5, 0.6) is 0 Å². The van der Waals surface area contributed by atoms with Crippen LogP contribution in [0, 0.1) is 6.92 Å². The average molecular weight is 237 g/mol. The topological polar surface area (TPSA) is 12.4 Å². The van der Waals surface area contributed by atoms with E-state index in [-0.39, 0.29) is 0 Å². The standard InChI is InChI=1S/C15H13N.C2H6/c1-11-6-2-4-8-13(11)15-10-12-7-3-5-9-14(12)16-15;1-2/h2-9H,10H2,1H3;1-2H3. The van der Waals surface area contributed by atoms with Gasteiger partial charge in [-0.1, -0.05) is 56.3 Å². The fraction of sp³-hybridized carbons (Fsp3) is 0.235. The molecule has 0 bridgehead atoms. The summed E-state index contributed by atoms with van der Waals surface area (Å²) in [5, 5.41) is 0. The summed E-state index contributed by atoms with van der Waals surface area (Å²) in [6, 6.07) is 16.8. The normalized spacial score (nSPS) is 12.3. The van der Waals surface area contributed by atoms with E-state index in [1.807, 2.05) is 19.9 Å². The van der Waals surface area contributed by atoms with Crippen LogP contribution in [0.1, 0.15) is 30.5 Å². The van der Waals surface area contributed by atoms with Crippen molar-refractivity contribution in [3.63, 3.8) is 0 Å². The van der Waals surface area contributed by atoms with Gasteiger partial charge in [0, 0.05) is 6.42 Å². The van der Waals surface area contributed by atoms with Gasteiger partial charge in [0.25, 0.3) is 0 Å². The van der Waals surface area contributed by atoms with Crippen LogP contribution in [0.4, 0.5) is 5.69 Å². The van der Waals surface area contributed by atoms with Crippen LogP contribution in [0.3, 0.4) is 0 Å². The maximum Gasteiger partial charge on any atom is 0.0669 e. The molecule has 0 radical (unpaired) electrons. The van der Waals surface area contributed by atoms with Gasteiger partial charge in [-0.2, -0.15) is 0 Å². The first-order valence-corrected chi connectivity index (χ1v) is 6.56. The van der Waals surface area contributed by atoms with E-state index in [0.29, 0.717) is 0 Å². The lowest BCUT2D eigenvalue weighted by Crippen LogP contribution is -2.02. The molecule has 0 saturated heterocycles.